The molecule has 1 aliphatic rings. The second-order valence-electron chi connectivity index (χ2n) is 5.42. The van der Waals surface area contributed by atoms with Crippen molar-refractivity contribution in [3.05, 3.63) is 45.9 Å². The van der Waals surface area contributed by atoms with Gasteiger partial charge in [-0.05, 0) is 35.6 Å². The molecule has 0 atom stereocenters. The Balaban J connectivity index is 1.67. The van der Waals surface area contributed by atoms with Crippen molar-refractivity contribution in [3.8, 4) is 0 Å². The number of hydrogen-bond acceptors (Lipinski definition) is 5. The van der Waals surface area contributed by atoms with Gasteiger partial charge in [-0.15, -0.1) is 11.3 Å². The average Bonchev–Trinajstić information content (AvgIpc) is 2.99. The summed E-state index contributed by atoms with van der Waals surface area (Å²) in [7, 11) is -3.36. The molecule has 2 amide bonds. The number of carbonyl (C=O) groups is 1. The van der Waals surface area contributed by atoms with E-state index in [2.05, 4.69) is 10.3 Å². The predicted octanol–water partition coefficient (Wildman–Crippen LogP) is 1.81. The Morgan fingerprint density at radius 2 is 2.26 bits per heavy atom. The Kier molecular flexibility index (Phi) is 4.36. The SMILES string of the molecule is CS(=O)(=O)c1cccnc1CNC(=O)N1CCc2sccc2C1. The van der Waals surface area contributed by atoms with Crippen molar-refractivity contribution in [1.29, 1.82) is 0 Å². The number of thiophene rings is 1. The second kappa shape index (κ2) is 6.29. The zero-order valence-corrected chi connectivity index (χ0v) is 14.3. The van der Waals surface area contributed by atoms with Gasteiger partial charge in [0.1, 0.15) is 0 Å². The summed E-state index contributed by atoms with van der Waals surface area (Å²) in [6.45, 7) is 1.35. The van der Waals surface area contributed by atoms with Crippen molar-refractivity contribution < 1.29 is 13.2 Å². The molecule has 23 heavy (non-hydrogen) atoms. The van der Waals surface area contributed by atoms with Gasteiger partial charge in [0, 0.05) is 30.4 Å². The van der Waals surface area contributed by atoms with Gasteiger partial charge in [-0.2, -0.15) is 0 Å². The molecule has 1 N–H and O–H groups in total. The molecular formula is C15H17N3O3S2. The Morgan fingerprint density at radius 1 is 1.43 bits per heavy atom. The van der Waals surface area contributed by atoms with Crippen LogP contribution in [0.25, 0.3) is 0 Å². The Labute approximate surface area is 139 Å². The highest BCUT2D eigenvalue weighted by Crippen LogP contribution is 2.24. The fourth-order valence-electron chi connectivity index (χ4n) is 2.59. The number of carbonyl (C=O) groups excluding carboxylic acids is 1. The van der Waals surface area contributed by atoms with E-state index in [1.54, 1.807) is 22.3 Å². The first-order valence-corrected chi connectivity index (χ1v) is 9.94. The molecule has 0 aromatic carbocycles. The van der Waals surface area contributed by atoms with Crippen LogP contribution in [-0.2, 0) is 29.3 Å². The first kappa shape index (κ1) is 15.9. The smallest absolute Gasteiger partial charge is 0.318 e. The standard InChI is InChI=1S/C15H17N3O3S2/c1-23(20,21)14-3-2-6-16-12(14)9-17-15(19)18-7-4-13-11(10-18)5-8-22-13/h2-3,5-6,8H,4,7,9-10H2,1H3,(H,17,19). The monoisotopic (exact) mass is 351 g/mol. The number of hydrogen-bond donors (Lipinski definition) is 1. The number of pyridine rings is 1. The second-order valence-corrected chi connectivity index (χ2v) is 8.40. The molecule has 0 saturated heterocycles. The van der Waals surface area contributed by atoms with Gasteiger partial charge in [0.2, 0.25) is 0 Å². The number of amides is 2. The highest BCUT2D eigenvalue weighted by molar-refractivity contribution is 7.90. The summed E-state index contributed by atoms with van der Waals surface area (Å²) >= 11 is 1.72. The van der Waals surface area contributed by atoms with Gasteiger partial charge in [0.05, 0.1) is 17.1 Å². The molecule has 0 spiro atoms. The summed E-state index contributed by atoms with van der Waals surface area (Å²) in [5, 5.41) is 4.81. The number of nitrogens with zero attached hydrogens (tertiary/aromatic N) is 2. The topological polar surface area (TPSA) is 79.4 Å². The van der Waals surface area contributed by atoms with Crippen LogP contribution >= 0.6 is 11.3 Å². The molecule has 3 heterocycles. The lowest BCUT2D eigenvalue weighted by molar-refractivity contribution is 0.192. The summed E-state index contributed by atoms with van der Waals surface area (Å²) in [6.07, 6.45) is 3.52. The molecule has 0 saturated carbocycles. The van der Waals surface area contributed by atoms with Gasteiger partial charge in [-0.3, -0.25) is 4.98 Å². The molecule has 6 nitrogen and oxygen atoms in total. The molecule has 0 radical (unpaired) electrons. The Bertz CT molecular complexity index is 830. The lowest BCUT2D eigenvalue weighted by Crippen LogP contribution is -2.42. The minimum atomic E-state index is -3.36. The van der Waals surface area contributed by atoms with Crippen LogP contribution in [0.3, 0.4) is 0 Å². The molecule has 1 aliphatic heterocycles. The van der Waals surface area contributed by atoms with Gasteiger partial charge in [0.15, 0.2) is 9.84 Å². The van der Waals surface area contributed by atoms with Crippen molar-refractivity contribution >= 4 is 27.2 Å². The van der Waals surface area contributed by atoms with Crippen LogP contribution in [0, 0.1) is 0 Å². The van der Waals surface area contributed by atoms with Gasteiger partial charge in [0.25, 0.3) is 0 Å². The van der Waals surface area contributed by atoms with E-state index < -0.39 is 9.84 Å². The van der Waals surface area contributed by atoms with Crippen LogP contribution in [0.2, 0.25) is 0 Å². The van der Waals surface area contributed by atoms with E-state index in [1.807, 2.05) is 11.4 Å². The first-order chi connectivity index (χ1) is 10.9. The first-order valence-electron chi connectivity index (χ1n) is 7.17. The summed E-state index contributed by atoms with van der Waals surface area (Å²) in [6, 6.07) is 4.92. The lowest BCUT2D eigenvalue weighted by atomic mass is 10.1. The van der Waals surface area contributed by atoms with Gasteiger partial charge in [-0.25, -0.2) is 13.2 Å². The van der Waals surface area contributed by atoms with Crippen LogP contribution in [-0.4, -0.2) is 37.1 Å². The molecule has 8 heteroatoms. The number of urea groups is 1. The minimum Gasteiger partial charge on any atom is -0.332 e. The maximum absolute atomic E-state index is 12.3. The van der Waals surface area contributed by atoms with Crippen LogP contribution in [0.5, 0.6) is 0 Å². The van der Waals surface area contributed by atoms with Crippen molar-refractivity contribution in [2.24, 2.45) is 0 Å². The Hall–Kier alpha value is -1.93. The largest absolute Gasteiger partial charge is 0.332 e. The van der Waals surface area contributed by atoms with Gasteiger partial charge < -0.3 is 10.2 Å². The van der Waals surface area contributed by atoms with E-state index >= 15 is 0 Å². The number of nitrogens with one attached hydrogen (secondary N) is 1. The van der Waals surface area contributed by atoms with Gasteiger partial charge in [-0.1, -0.05) is 0 Å². The van der Waals surface area contributed by atoms with Crippen LogP contribution in [0.4, 0.5) is 4.79 Å². The lowest BCUT2D eigenvalue weighted by Gasteiger charge is -2.27. The number of rotatable bonds is 3. The van der Waals surface area contributed by atoms with E-state index in [0.29, 0.717) is 18.8 Å². The van der Waals surface area contributed by atoms with Crippen LogP contribution in [0.15, 0.2) is 34.7 Å². The van der Waals surface area contributed by atoms with Crippen molar-refractivity contribution in [1.82, 2.24) is 15.2 Å². The van der Waals surface area contributed by atoms with Crippen molar-refractivity contribution in [2.75, 3.05) is 12.8 Å². The van der Waals surface area contributed by atoms with Crippen molar-refractivity contribution in [3.63, 3.8) is 0 Å². The molecule has 0 aliphatic carbocycles. The van der Waals surface area contributed by atoms with Crippen LogP contribution in [0.1, 0.15) is 16.1 Å². The molecule has 2 aromatic heterocycles. The normalized spacial score (nSPS) is 14.4. The quantitative estimate of drug-likeness (QED) is 0.915. The maximum Gasteiger partial charge on any atom is 0.318 e. The van der Waals surface area contributed by atoms with E-state index in [1.165, 1.54) is 22.7 Å². The predicted molar refractivity (Wildman–Crippen MR) is 88.0 cm³/mol. The fraction of sp³-hybridized carbons (Fsp3) is 0.333. The summed E-state index contributed by atoms with van der Waals surface area (Å²) in [5.41, 5.74) is 1.54. The molecule has 0 unspecified atom stereocenters. The molecule has 2 aromatic rings. The third kappa shape index (κ3) is 3.53. The zero-order valence-electron chi connectivity index (χ0n) is 12.7. The fourth-order valence-corrected chi connectivity index (χ4v) is 4.35. The van der Waals surface area contributed by atoms with Gasteiger partial charge >= 0.3 is 6.03 Å². The van der Waals surface area contributed by atoms with E-state index in [4.69, 9.17) is 0 Å². The molecule has 122 valence electrons. The number of sulfone groups is 1. The summed E-state index contributed by atoms with van der Waals surface area (Å²) in [4.78, 5) is 19.6. The third-order valence-corrected chi connectivity index (χ3v) is 5.94. The number of fused-ring (bicyclic) bond motifs is 1. The summed E-state index contributed by atoms with van der Waals surface area (Å²) < 4.78 is 23.5. The van der Waals surface area contributed by atoms with Crippen molar-refractivity contribution in [2.45, 2.75) is 24.4 Å². The minimum absolute atomic E-state index is 0.0923. The molecule has 3 rings (SSSR count). The maximum atomic E-state index is 12.3. The van der Waals surface area contributed by atoms with E-state index in [9.17, 15) is 13.2 Å². The highest BCUT2D eigenvalue weighted by atomic mass is 32.2. The number of aromatic nitrogens is 1. The Morgan fingerprint density at radius 3 is 3.04 bits per heavy atom. The molecule has 0 bridgehead atoms. The zero-order chi connectivity index (χ0) is 16.4. The summed E-state index contributed by atoms with van der Waals surface area (Å²) in [5.74, 6) is 0. The highest BCUT2D eigenvalue weighted by Gasteiger charge is 2.22. The third-order valence-electron chi connectivity index (χ3n) is 3.75. The van der Waals surface area contributed by atoms with E-state index in [-0.39, 0.29) is 17.5 Å². The van der Waals surface area contributed by atoms with E-state index in [0.717, 1.165) is 12.7 Å². The average molecular weight is 351 g/mol. The molecular weight excluding hydrogens is 334 g/mol. The molecule has 0 fully saturated rings. The van der Waals surface area contributed by atoms with Crippen LogP contribution < -0.4 is 5.32 Å².